The second kappa shape index (κ2) is 11.9. The first kappa shape index (κ1) is 29.7. The Morgan fingerprint density at radius 3 is 2.29 bits per heavy atom. The molecule has 0 saturated carbocycles. The lowest BCUT2D eigenvalue weighted by Crippen LogP contribution is -2.33. The van der Waals surface area contributed by atoms with Crippen molar-refractivity contribution < 1.29 is 37.0 Å². The number of nitrogens with zero attached hydrogens (tertiary/aromatic N) is 3. The molecule has 1 aromatic heterocycles. The van der Waals surface area contributed by atoms with Crippen LogP contribution in [0.25, 0.3) is 0 Å². The summed E-state index contributed by atoms with van der Waals surface area (Å²) in [5.74, 6) is -0.761. The van der Waals surface area contributed by atoms with Gasteiger partial charge in [0.15, 0.2) is 0 Å². The lowest BCUT2D eigenvalue weighted by molar-refractivity contribution is -0.138. The molecule has 45 heavy (non-hydrogen) atoms. The number of hydrogen-bond acceptors (Lipinski definition) is 6. The molecular weight excluding hydrogens is 589 g/mol. The van der Waals surface area contributed by atoms with Crippen molar-refractivity contribution in [3.8, 4) is 11.6 Å². The predicted octanol–water partition coefficient (Wildman–Crippen LogP) is 6.51. The van der Waals surface area contributed by atoms with Gasteiger partial charge < -0.3 is 14.8 Å². The minimum Gasteiger partial charge on any atom is -0.496 e. The van der Waals surface area contributed by atoms with Crippen LogP contribution in [0.4, 0.5) is 29.3 Å². The lowest BCUT2D eigenvalue weighted by Gasteiger charge is -2.22. The average Bonchev–Trinajstić information content (AvgIpc) is 3.57. The molecule has 3 aromatic carbocycles. The number of rotatable bonds is 8. The first-order valence-corrected chi connectivity index (χ1v) is 14.1. The molecule has 0 fully saturated rings. The van der Waals surface area contributed by atoms with Gasteiger partial charge in [0.05, 0.1) is 35.7 Å². The molecule has 4 aromatic rings. The minimum atomic E-state index is -4.65. The SMILES string of the molecule is COc1cc2c(cc1C(F)(F)F)N(C(=O)Nc1ccc(OC(CCN3C(=O)c4ccccc4C3=O)c3ccccc3)nc1)CC2. The third kappa shape index (κ3) is 5.91. The quantitative estimate of drug-likeness (QED) is 0.227. The molecule has 4 amide bonds. The van der Waals surface area contributed by atoms with Gasteiger partial charge in [-0.15, -0.1) is 0 Å². The van der Waals surface area contributed by atoms with E-state index in [0.29, 0.717) is 35.2 Å². The molecule has 0 aliphatic carbocycles. The van der Waals surface area contributed by atoms with Crippen LogP contribution < -0.4 is 19.7 Å². The first-order chi connectivity index (χ1) is 21.6. The molecule has 0 saturated heterocycles. The van der Waals surface area contributed by atoms with Crippen LogP contribution in [-0.2, 0) is 12.6 Å². The molecule has 0 radical (unpaired) electrons. The summed E-state index contributed by atoms with van der Waals surface area (Å²) in [6, 6.07) is 20.8. The van der Waals surface area contributed by atoms with Gasteiger partial charge in [0.2, 0.25) is 5.88 Å². The van der Waals surface area contributed by atoms with E-state index in [9.17, 15) is 27.6 Å². The zero-order valence-electron chi connectivity index (χ0n) is 24.0. The summed E-state index contributed by atoms with van der Waals surface area (Å²) in [6.07, 6.45) is -3.14. The highest BCUT2D eigenvalue weighted by atomic mass is 19.4. The predicted molar refractivity (Wildman–Crippen MR) is 159 cm³/mol. The van der Waals surface area contributed by atoms with Crippen LogP contribution in [0.3, 0.4) is 0 Å². The molecule has 6 rings (SSSR count). The highest BCUT2D eigenvalue weighted by Gasteiger charge is 2.38. The number of nitrogens with one attached hydrogen (secondary N) is 1. The zero-order valence-corrected chi connectivity index (χ0v) is 24.0. The Kier molecular flexibility index (Phi) is 7.88. The van der Waals surface area contributed by atoms with Gasteiger partial charge in [-0.1, -0.05) is 42.5 Å². The average molecular weight is 617 g/mol. The van der Waals surface area contributed by atoms with Crippen LogP contribution >= 0.6 is 0 Å². The maximum absolute atomic E-state index is 13.6. The van der Waals surface area contributed by atoms with Crippen molar-refractivity contribution in [2.45, 2.75) is 25.1 Å². The molecule has 230 valence electrons. The Bertz CT molecular complexity index is 1730. The Morgan fingerprint density at radius 2 is 1.67 bits per heavy atom. The standard InChI is InChI=1S/C33H27F3N4O5/c1-44-28-17-21-13-15-39(26(21)18-25(28)33(34,35)36)32(43)38-22-11-12-29(37-19-22)45-27(20-7-3-2-4-8-20)14-16-40-30(41)23-9-5-6-10-24(23)31(40)42/h2-12,17-19,27H,13-16H2,1H3,(H,38,43). The summed E-state index contributed by atoms with van der Waals surface area (Å²) in [5, 5.41) is 2.68. The van der Waals surface area contributed by atoms with Crippen LogP contribution in [-0.4, -0.2) is 47.9 Å². The van der Waals surface area contributed by atoms with E-state index < -0.39 is 23.9 Å². The molecular formula is C33H27F3N4O5. The monoisotopic (exact) mass is 616 g/mol. The van der Waals surface area contributed by atoms with E-state index in [0.717, 1.165) is 11.6 Å². The topological polar surface area (TPSA) is 101 Å². The Morgan fingerprint density at radius 1 is 0.978 bits per heavy atom. The number of ether oxygens (including phenoxy) is 2. The van der Waals surface area contributed by atoms with Crippen molar-refractivity contribution >= 4 is 29.2 Å². The number of alkyl halides is 3. The summed E-state index contributed by atoms with van der Waals surface area (Å²) in [5.41, 5.74) is 1.65. The van der Waals surface area contributed by atoms with E-state index in [1.807, 2.05) is 30.3 Å². The fraction of sp³-hybridized carbons (Fsp3) is 0.212. The fourth-order valence-corrected chi connectivity index (χ4v) is 5.53. The van der Waals surface area contributed by atoms with Crippen molar-refractivity contribution in [1.29, 1.82) is 0 Å². The molecule has 2 aliphatic heterocycles. The number of fused-ring (bicyclic) bond motifs is 2. The van der Waals surface area contributed by atoms with Gasteiger partial charge in [-0.3, -0.25) is 19.4 Å². The summed E-state index contributed by atoms with van der Waals surface area (Å²) in [7, 11) is 1.17. The van der Waals surface area contributed by atoms with Crippen molar-refractivity contribution in [2.75, 3.05) is 30.4 Å². The number of imide groups is 1. The summed E-state index contributed by atoms with van der Waals surface area (Å²) < 4.78 is 51.9. The Balaban J connectivity index is 1.14. The zero-order chi connectivity index (χ0) is 31.7. The van der Waals surface area contributed by atoms with E-state index in [1.165, 1.54) is 29.2 Å². The van der Waals surface area contributed by atoms with Gasteiger partial charge in [0, 0.05) is 31.3 Å². The number of carbonyl (C=O) groups is 3. The van der Waals surface area contributed by atoms with E-state index >= 15 is 0 Å². The van der Waals surface area contributed by atoms with Crippen LogP contribution in [0.2, 0.25) is 0 Å². The largest absolute Gasteiger partial charge is 0.496 e. The van der Waals surface area contributed by atoms with Gasteiger partial charge >= 0.3 is 12.2 Å². The van der Waals surface area contributed by atoms with Gasteiger partial charge in [-0.05, 0) is 47.9 Å². The van der Waals surface area contributed by atoms with E-state index in [4.69, 9.17) is 9.47 Å². The van der Waals surface area contributed by atoms with Crippen molar-refractivity contribution in [3.05, 3.63) is 113 Å². The molecule has 12 heteroatoms. The van der Waals surface area contributed by atoms with Gasteiger partial charge in [-0.25, -0.2) is 9.78 Å². The number of halogens is 3. The molecule has 1 N–H and O–H groups in total. The molecule has 9 nitrogen and oxygen atoms in total. The van der Waals surface area contributed by atoms with Gasteiger partial charge in [-0.2, -0.15) is 13.2 Å². The molecule has 0 bridgehead atoms. The summed E-state index contributed by atoms with van der Waals surface area (Å²) >= 11 is 0. The minimum absolute atomic E-state index is 0.124. The first-order valence-electron chi connectivity index (χ1n) is 14.1. The number of aromatic nitrogens is 1. The second-order valence-electron chi connectivity index (χ2n) is 10.5. The van der Waals surface area contributed by atoms with Crippen LogP contribution in [0.1, 0.15) is 49.9 Å². The number of hydrogen-bond donors (Lipinski definition) is 1. The number of carbonyl (C=O) groups excluding carboxylic acids is 3. The third-order valence-corrected chi connectivity index (χ3v) is 7.76. The molecule has 1 atom stereocenters. The molecule has 3 heterocycles. The number of methoxy groups -OCH3 is 1. The summed E-state index contributed by atoms with van der Waals surface area (Å²) in [4.78, 5) is 45.5. The van der Waals surface area contributed by atoms with Crippen LogP contribution in [0.5, 0.6) is 11.6 Å². The number of anilines is 2. The lowest BCUT2D eigenvalue weighted by atomic mass is 10.1. The summed E-state index contributed by atoms with van der Waals surface area (Å²) in [6.45, 7) is 0.325. The number of benzene rings is 3. The maximum atomic E-state index is 13.6. The highest BCUT2D eigenvalue weighted by molar-refractivity contribution is 6.21. The van der Waals surface area contributed by atoms with Crippen molar-refractivity contribution in [3.63, 3.8) is 0 Å². The van der Waals surface area contributed by atoms with E-state index in [-0.39, 0.29) is 42.2 Å². The number of pyridine rings is 1. The molecule has 0 spiro atoms. The number of urea groups is 1. The van der Waals surface area contributed by atoms with Crippen LogP contribution in [0, 0.1) is 0 Å². The van der Waals surface area contributed by atoms with Gasteiger partial charge in [0.25, 0.3) is 11.8 Å². The van der Waals surface area contributed by atoms with Gasteiger partial charge in [0.1, 0.15) is 11.9 Å². The fourth-order valence-electron chi connectivity index (χ4n) is 5.53. The van der Waals surface area contributed by atoms with Crippen molar-refractivity contribution in [1.82, 2.24) is 9.88 Å². The Hall–Kier alpha value is -5.39. The van der Waals surface area contributed by atoms with E-state index in [1.54, 1.807) is 36.4 Å². The molecule has 2 aliphatic rings. The highest BCUT2D eigenvalue weighted by Crippen LogP contribution is 2.42. The number of amides is 4. The van der Waals surface area contributed by atoms with E-state index in [2.05, 4.69) is 10.3 Å². The normalized spacial score (nSPS) is 14.7. The smallest absolute Gasteiger partial charge is 0.420 e. The maximum Gasteiger partial charge on any atom is 0.420 e. The second-order valence-corrected chi connectivity index (χ2v) is 10.5. The molecule has 1 unspecified atom stereocenters. The Labute approximate surface area is 256 Å². The third-order valence-electron chi connectivity index (χ3n) is 7.76. The van der Waals surface area contributed by atoms with Crippen molar-refractivity contribution in [2.24, 2.45) is 0 Å². The van der Waals surface area contributed by atoms with Crippen LogP contribution in [0.15, 0.2) is 85.1 Å².